The smallest absolute Gasteiger partial charge is 0.339 e. The van der Waals surface area contributed by atoms with E-state index < -0.39 is 5.97 Å². The maximum atomic E-state index is 11.6. The summed E-state index contributed by atoms with van der Waals surface area (Å²) in [5.74, 6) is -0.392. The van der Waals surface area contributed by atoms with Gasteiger partial charge >= 0.3 is 5.97 Å². The van der Waals surface area contributed by atoms with E-state index in [1.54, 1.807) is 18.2 Å². The molecule has 0 fully saturated rings. The number of carbonyl (C=O) groups is 1. The molecule has 0 unspecified atom stereocenters. The van der Waals surface area contributed by atoms with Crippen molar-refractivity contribution in [3.63, 3.8) is 0 Å². The highest BCUT2D eigenvalue weighted by atomic mass is 32.1. The van der Waals surface area contributed by atoms with Crippen molar-refractivity contribution in [2.24, 2.45) is 0 Å². The van der Waals surface area contributed by atoms with Crippen molar-refractivity contribution in [2.45, 2.75) is 26.3 Å². The molecule has 0 saturated carbocycles. The molecule has 0 bridgehead atoms. The van der Waals surface area contributed by atoms with Crippen LogP contribution in [0.4, 0.5) is 5.69 Å². The van der Waals surface area contributed by atoms with E-state index in [9.17, 15) is 4.79 Å². The molecule has 0 aliphatic carbocycles. The molecular formula is C13H18N2O2S. The molecule has 1 rings (SSSR count). The summed E-state index contributed by atoms with van der Waals surface area (Å²) in [7, 11) is 1.35. The number of methoxy groups -OCH3 is 1. The van der Waals surface area contributed by atoms with Crippen molar-refractivity contribution in [1.82, 2.24) is 5.32 Å². The molecule has 0 atom stereocenters. The van der Waals surface area contributed by atoms with Gasteiger partial charge in [0.1, 0.15) is 0 Å². The fraction of sp³-hybridized carbons (Fsp3) is 0.385. The van der Waals surface area contributed by atoms with Gasteiger partial charge < -0.3 is 15.4 Å². The summed E-state index contributed by atoms with van der Waals surface area (Å²) in [6.45, 7) is 6.02. The molecule has 0 saturated heterocycles. The summed E-state index contributed by atoms with van der Waals surface area (Å²) in [6.07, 6.45) is 0. The predicted octanol–water partition coefficient (Wildman–Crippen LogP) is 2.56. The second-order valence-corrected chi connectivity index (χ2v) is 5.27. The number of benzene rings is 1. The van der Waals surface area contributed by atoms with Crippen LogP contribution in [0.1, 0.15) is 31.1 Å². The summed E-state index contributed by atoms with van der Waals surface area (Å²) in [4.78, 5) is 11.6. The molecule has 2 N–H and O–H groups in total. The predicted molar refractivity (Wildman–Crippen MR) is 76.9 cm³/mol. The van der Waals surface area contributed by atoms with Crippen LogP contribution in [-0.4, -0.2) is 23.7 Å². The van der Waals surface area contributed by atoms with E-state index in [0.29, 0.717) is 16.4 Å². The van der Waals surface area contributed by atoms with Crippen LogP contribution in [0.2, 0.25) is 0 Å². The zero-order chi connectivity index (χ0) is 13.8. The third kappa shape index (κ3) is 4.33. The normalized spacial score (nSPS) is 10.7. The molecule has 1 aromatic carbocycles. The van der Waals surface area contributed by atoms with Crippen molar-refractivity contribution < 1.29 is 9.53 Å². The lowest BCUT2D eigenvalue weighted by Crippen LogP contribution is -2.43. The number of para-hydroxylation sites is 1. The Bertz CT molecular complexity index is 453. The van der Waals surface area contributed by atoms with Crippen molar-refractivity contribution >= 4 is 29.0 Å². The van der Waals surface area contributed by atoms with Crippen LogP contribution >= 0.6 is 12.2 Å². The molecule has 0 spiro atoms. The number of ether oxygens (including phenoxy) is 1. The minimum atomic E-state index is -0.392. The average Bonchev–Trinajstić information content (AvgIpc) is 2.26. The van der Waals surface area contributed by atoms with Crippen LogP contribution in [0.3, 0.4) is 0 Å². The first-order valence-corrected chi connectivity index (χ1v) is 6.01. The quantitative estimate of drug-likeness (QED) is 0.636. The number of hydrogen-bond donors (Lipinski definition) is 2. The molecule has 0 aliphatic heterocycles. The Labute approximate surface area is 113 Å². The van der Waals surface area contributed by atoms with E-state index in [4.69, 9.17) is 17.0 Å². The molecule has 4 nitrogen and oxygen atoms in total. The highest BCUT2D eigenvalue weighted by Gasteiger charge is 2.14. The zero-order valence-electron chi connectivity index (χ0n) is 11.0. The highest BCUT2D eigenvalue weighted by molar-refractivity contribution is 7.80. The first-order valence-electron chi connectivity index (χ1n) is 5.60. The van der Waals surface area contributed by atoms with Crippen LogP contribution in [0, 0.1) is 0 Å². The maximum Gasteiger partial charge on any atom is 0.339 e. The largest absolute Gasteiger partial charge is 0.465 e. The fourth-order valence-electron chi connectivity index (χ4n) is 1.37. The average molecular weight is 266 g/mol. The number of rotatable bonds is 2. The van der Waals surface area contributed by atoms with E-state index in [2.05, 4.69) is 10.6 Å². The van der Waals surface area contributed by atoms with E-state index in [-0.39, 0.29) is 5.54 Å². The number of anilines is 1. The number of nitrogens with one attached hydrogen (secondary N) is 2. The Morgan fingerprint density at radius 2 is 1.89 bits per heavy atom. The highest BCUT2D eigenvalue weighted by Crippen LogP contribution is 2.16. The molecule has 0 amide bonds. The van der Waals surface area contributed by atoms with Gasteiger partial charge in [-0.1, -0.05) is 12.1 Å². The molecule has 0 aliphatic rings. The third-order valence-corrected chi connectivity index (χ3v) is 2.27. The van der Waals surface area contributed by atoms with Gasteiger partial charge in [0.05, 0.1) is 18.4 Å². The summed E-state index contributed by atoms with van der Waals surface area (Å²) >= 11 is 5.19. The first kappa shape index (κ1) is 14.4. The van der Waals surface area contributed by atoms with Crippen molar-refractivity contribution in [1.29, 1.82) is 0 Å². The lowest BCUT2D eigenvalue weighted by atomic mass is 10.1. The van der Waals surface area contributed by atoms with Gasteiger partial charge in [0.15, 0.2) is 5.11 Å². The van der Waals surface area contributed by atoms with Crippen LogP contribution < -0.4 is 10.6 Å². The van der Waals surface area contributed by atoms with Gasteiger partial charge in [-0.3, -0.25) is 0 Å². The Balaban J connectivity index is 2.85. The lowest BCUT2D eigenvalue weighted by Gasteiger charge is -2.23. The molecular weight excluding hydrogens is 248 g/mol. The second-order valence-electron chi connectivity index (χ2n) is 4.87. The van der Waals surface area contributed by atoms with Crippen LogP contribution in [-0.2, 0) is 4.74 Å². The van der Waals surface area contributed by atoms with Gasteiger partial charge in [-0.05, 0) is 45.1 Å². The van der Waals surface area contributed by atoms with Gasteiger partial charge in [0.2, 0.25) is 0 Å². The van der Waals surface area contributed by atoms with E-state index in [0.717, 1.165) is 0 Å². The van der Waals surface area contributed by atoms with Crippen molar-refractivity contribution in [3.8, 4) is 0 Å². The summed E-state index contributed by atoms with van der Waals surface area (Å²) < 4.78 is 4.72. The van der Waals surface area contributed by atoms with Gasteiger partial charge in [-0.2, -0.15) is 0 Å². The molecule has 18 heavy (non-hydrogen) atoms. The fourth-order valence-corrected chi connectivity index (χ4v) is 1.79. The molecule has 0 heterocycles. The number of hydrogen-bond acceptors (Lipinski definition) is 3. The Morgan fingerprint density at radius 1 is 1.28 bits per heavy atom. The minimum Gasteiger partial charge on any atom is -0.465 e. The van der Waals surface area contributed by atoms with E-state index >= 15 is 0 Å². The summed E-state index contributed by atoms with van der Waals surface area (Å²) in [5.41, 5.74) is 0.953. The van der Waals surface area contributed by atoms with Crippen molar-refractivity contribution in [2.75, 3.05) is 12.4 Å². The number of thiocarbonyl (C=S) groups is 1. The van der Waals surface area contributed by atoms with Crippen LogP contribution in [0.5, 0.6) is 0 Å². The molecule has 1 aromatic rings. The SMILES string of the molecule is COC(=O)c1ccccc1NC(=S)NC(C)(C)C. The maximum absolute atomic E-state index is 11.6. The topological polar surface area (TPSA) is 50.4 Å². The van der Waals surface area contributed by atoms with E-state index in [1.807, 2.05) is 26.8 Å². The van der Waals surface area contributed by atoms with E-state index in [1.165, 1.54) is 7.11 Å². The van der Waals surface area contributed by atoms with Crippen LogP contribution in [0.15, 0.2) is 24.3 Å². The standard InChI is InChI=1S/C13H18N2O2S/c1-13(2,3)15-12(18)14-10-8-6-5-7-9(10)11(16)17-4/h5-8H,1-4H3,(H2,14,15,18). The lowest BCUT2D eigenvalue weighted by molar-refractivity contribution is 0.0602. The second kappa shape index (κ2) is 5.82. The first-order chi connectivity index (χ1) is 8.33. The number of esters is 1. The van der Waals surface area contributed by atoms with Gasteiger partial charge in [0.25, 0.3) is 0 Å². The minimum absolute atomic E-state index is 0.135. The van der Waals surface area contributed by atoms with Crippen molar-refractivity contribution in [3.05, 3.63) is 29.8 Å². The Morgan fingerprint density at radius 3 is 2.44 bits per heavy atom. The van der Waals surface area contributed by atoms with Gasteiger partial charge in [0, 0.05) is 5.54 Å². The van der Waals surface area contributed by atoms with Gasteiger partial charge in [-0.15, -0.1) is 0 Å². The Hall–Kier alpha value is -1.62. The molecule has 5 heteroatoms. The third-order valence-electron chi connectivity index (χ3n) is 2.07. The zero-order valence-corrected chi connectivity index (χ0v) is 11.9. The molecule has 0 aromatic heterocycles. The Kier molecular flexibility index (Phi) is 4.67. The van der Waals surface area contributed by atoms with Crippen LogP contribution in [0.25, 0.3) is 0 Å². The monoisotopic (exact) mass is 266 g/mol. The summed E-state index contributed by atoms with van der Waals surface area (Å²) in [6, 6.07) is 7.07. The van der Waals surface area contributed by atoms with Gasteiger partial charge in [-0.25, -0.2) is 4.79 Å². The number of carbonyl (C=O) groups excluding carboxylic acids is 1. The summed E-state index contributed by atoms with van der Waals surface area (Å²) in [5, 5.41) is 6.59. The molecule has 0 radical (unpaired) electrons. The molecule has 98 valence electrons.